The number of para-hydroxylation sites is 7. The summed E-state index contributed by atoms with van der Waals surface area (Å²) in [6.07, 6.45) is 4.09. The van der Waals surface area contributed by atoms with Crippen LogP contribution in [0.4, 0.5) is 73.9 Å². The van der Waals surface area contributed by atoms with E-state index in [1.54, 1.807) is 0 Å². The molecule has 0 unspecified atom stereocenters. The molecule has 74 heavy (non-hydrogen) atoms. The van der Waals surface area contributed by atoms with Gasteiger partial charge in [0.05, 0.1) is 11.4 Å². The Kier molecular flexibility index (Phi) is 9.20. The minimum atomic E-state index is -0.0144. The van der Waals surface area contributed by atoms with Gasteiger partial charge in [0.15, 0.2) is 0 Å². The summed E-state index contributed by atoms with van der Waals surface area (Å²) in [7, 11) is 0. The Morgan fingerprint density at radius 3 is 1.55 bits per heavy atom. The maximum Gasteiger partial charge on any atom is 0.256 e. The van der Waals surface area contributed by atoms with Crippen LogP contribution in [0.1, 0.15) is 24.0 Å². The quantitative estimate of drug-likeness (QED) is 0.148. The number of hydrogen-bond donors (Lipinski definition) is 0. The Morgan fingerprint density at radius 1 is 0.365 bits per heavy atom. The molecule has 6 nitrogen and oxygen atoms in total. The fourth-order valence-corrected chi connectivity index (χ4v) is 13.8. The van der Waals surface area contributed by atoms with Crippen molar-refractivity contribution in [2.75, 3.05) is 37.6 Å². The fourth-order valence-electron chi connectivity index (χ4n) is 13.8. The fraction of sp³-hybridized carbons (Fsp3) is 0.0909. The van der Waals surface area contributed by atoms with Crippen LogP contribution >= 0.6 is 0 Å². The summed E-state index contributed by atoms with van der Waals surface area (Å²) >= 11 is 0. The minimum Gasteiger partial charge on any atom is -0.458 e. The van der Waals surface area contributed by atoms with Crippen LogP contribution in [0.2, 0.25) is 0 Å². The highest BCUT2D eigenvalue weighted by atomic mass is 16.5. The number of ether oxygens (including phenoxy) is 1. The number of benzene rings is 10. The molecular formula is C66H49B2N5O. The second-order valence-electron chi connectivity index (χ2n) is 20.5. The van der Waals surface area contributed by atoms with Crippen molar-refractivity contribution >= 4 is 120 Å². The van der Waals surface area contributed by atoms with Crippen LogP contribution in [0.25, 0.3) is 0 Å². The van der Waals surface area contributed by atoms with Crippen molar-refractivity contribution in [1.82, 2.24) is 0 Å². The lowest BCUT2D eigenvalue weighted by Crippen LogP contribution is -2.66. The van der Waals surface area contributed by atoms with Crippen LogP contribution < -0.4 is 62.0 Å². The van der Waals surface area contributed by atoms with Gasteiger partial charge in [-0.15, -0.1) is 0 Å². The standard InChI is InChI=1S/C66H49B2N5O/c1-6-22-44(23-7-1)71(45-24-8-2-9-25-45)49-40-58-62-61(41-49)74-60-37-19-17-35-53(60)68(62)54-42-55-65(51-33-21-38-69(58)64(51)54)70-39-20-32-50-57(72(46-26-10-3-11-27-46)47-28-12-4-13-29-47)43-59-63(66(50)70)67(55)52-34-16-18-36-56(52)73(59)48-30-14-5-15-31-48/h1-19,22-31,34-37,40-43H,20-21,32-33,38-39H2. The summed E-state index contributed by atoms with van der Waals surface area (Å²) in [6.45, 7) is 1.87. The first-order chi connectivity index (χ1) is 36.8. The Bertz CT molecular complexity index is 3800. The molecule has 8 heteroatoms. The average molecular weight is 950 g/mol. The van der Waals surface area contributed by atoms with Gasteiger partial charge >= 0.3 is 0 Å². The molecule has 0 atom stereocenters. The highest BCUT2D eigenvalue weighted by Crippen LogP contribution is 2.53. The molecule has 6 aliphatic rings. The average Bonchev–Trinajstić information content (AvgIpc) is 3.54. The van der Waals surface area contributed by atoms with E-state index < -0.39 is 0 Å². The number of hydrogen-bond acceptors (Lipinski definition) is 6. The largest absolute Gasteiger partial charge is 0.458 e. The lowest BCUT2D eigenvalue weighted by Gasteiger charge is -2.51. The molecule has 0 amide bonds. The number of anilines is 13. The molecule has 0 aromatic heterocycles. The van der Waals surface area contributed by atoms with E-state index in [4.69, 9.17) is 4.74 Å². The first kappa shape index (κ1) is 41.7. The Morgan fingerprint density at radius 2 is 0.892 bits per heavy atom. The van der Waals surface area contributed by atoms with Crippen LogP contribution in [-0.4, -0.2) is 26.5 Å². The van der Waals surface area contributed by atoms with Crippen molar-refractivity contribution in [2.24, 2.45) is 0 Å². The molecule has 6 aliphatic heterocycles. The monoisotopic (exact) mass is 949 g/mol. The van der Waals surface area contributed by atoms with Crippen LogP contribution in [-0.2, 0) is 12.8 Å². The van der Waals surface area contributed by atoms with Crippen LogP contribution in [0, 0.1) is 0 Å². The second kappa shape index (κ2) is 16.3. The maximum absolute atomic E-state index is 7.15. The van der Waals surface area contributed by atoms with Crippen molar-refractivity contribution in [3.05, 3.63) is 236 Å². The summed E-state index contributed by atoms with van der Waals surface area (Å²) in [6, 6.07) is 82.7. The van der Waals surface area contributed by atoms with E-state index >= 15 is 0 Å². The molecule has 0 saturated carbocycles. The minimum absolute atomic E-state index is 0.00997. The predicted octanol–water partition coefficient (Wildman–Crippen LogP) is 12.3. The van der Waals surface area contributed by atoms with Gasteiger partial charge in [-0.2, -0.15) is 0 Å². The van der Waals surface area contributed by atoms with Crippen molar-refractivity contribution in [3.8, 4) is 11.5 Å². The van der Waals surface area contributed by atoms with E-state index in [2.05, 4.69) is 249 Å². The third-order valence-corrected chi connectivity index (χ3v) is 16.6. The molecule has 0 N–H and O–H groups in total. The molecule has 0 spiro atoms. The zero-order valence-electron chi connectivity index (χ0n) is 40.9. The SMILES string of the molecule is c1ccc(N(c2ccccc2)c2cc3c4c(c2)N2CCCc5c2c(cc2c5N5CCCc6c(N(c7ccccc7)c7ccccc7)cc7c(c65)B2c2ccccc2N7c2ccccc2)B4c2ccccc2O3)cc1. The van der Waals surface area contributed by atoms with Crippen LogP contribution in [0.15, 0.2) is 224 Å². The second-order valence-corrected chi connectivity index (χ2v) is 20.5. The van der Waals surface area contributed by atoms with Crippen molar-refractivity contribution in [1.29, 1.82) is 0 Å². The van der Waals surface area contributed by atoms with Gasteiger partial charge in [-0.1, -0.05) is 133 Å². The van der Waals surface area contributed by atoms with E-state index in [9.17, 15) is 0 Å². The first-order valence-electron chi connectivity index (χ1n) is 26.4. The van der Waals surface area contributed by atoms with E-state index in [-0.39, 0.29) is 13.4 Å². The summed E-state index contributed by atoms with van der Waals surface area (Å²) in [5, 5.41) is 0. The Balaban J connectivity index is 0.983. The highest BCUT2D eigenvalue weighted by Gasteiger charge is 2.51. The molecule has 16 rings (SSSR count). The van der Waals surface area contributed by atoms with Gasteiger partial charge in [0.1, 0.15) is 11.5 Å². The highest BCUT2D eigenvalue weighted by molar-refractivity contribution is 7.02. The van der Waals surface area contributed by atoms with Gasteiger partial charge in [0.2, 0.25) is 0 Å². The van der Waals surface area contributed by atoms with Crippen molar-refractivity contribution in [3.63, 3.8) is 0 Å². The third-order valence-electron chi connectivity index (χ3n) is 16.6. The van der Waals surface area contributed by atoms with E-state index in [0.717, 1.165) is 84.4 Å². The molecule has 350 valence electrons. The molecule has 0 radical (unpaired) electrons. The molecular weight excluding hydrogens is 900 g/mol. The van der Waals surface area contributed by atoms with Gasteiger partial charge in [-0.25, -0.2) is 0 Å². The summed E-state index contributed by atoms with van der Waals surface area (Å²) in [4.78, 5) is 13.0. The molecule has 0 aliphatic carbocycles. The lowest BCUT2D eigenvalue weighted by atomic mass is 9.30. The summed E-state index contributed by atoms with van der Waals surface area (Å²) in [5.74, 6) is 1.86. The van der Waals surface area contributed by atoms with E-state index in [0.29, 0.717) is 0 Å². The number of rotatable bonds is 7. The number of fused-ring (bicyclic) bond motifs is 10. The van der Waals surface area contributed by atoms with Crippen LogP contribution in [0.5, 0.6) is 11.5 Å². The molecule has 6 heterocycles. The Hall–Kier alpha value is -8.87. The van der Waals surface area contributed by atoms with Crippen molar-refractivity contribution in [2.45, 2.75) is 25.7 Å². The predicted molar refractivity (Wildman–Crippen MR) is 310 cm³/mol. The smallest absolute Gasteiger partial charge is 0.256 e. The zero-order chi connectivity index (χ0) is 48.4. The maximum atomic E-state index is 7.15. The summed E-state index contributed by atoms with van der Waals surface area (Å²) in [5.41, 5.74) is 26.9. The lowest BCUT2D eigenvalue weighted by molar-refractivity contribution is 0.487. The molecule has 0 saturated heterocycles. The van der Waals surface area contributed by atoms with Crippen LogP contribution in [0.3, 0.4) is 0 Å². The molecule has 10 aromatic carbocycles. The molecule has 0 bridgehead atoms. The van der Waals surface area contributed by atoms with E-state index in [1.807, 2.05) is 0 Å². The molecule has 0 fully saturated rings. The topological polar surface area (TPSA) is 25.4 Å². The van der Waals surface area contributed by atoms with E-state index in [1.165, 1.54) is 83.7 Å². The third kappa shape index (κ3) is 6.02. The Labute approximate surface area is 433 Å². The zero-order valence-corrected chi connectivity index (χ0v) is 40.9. The van der Waals surface area contributed by atoms with Gasteiger partial charge in [-0.3, -0.25) is 0 Å². The number of nitrogens with zero attached hydrogens (tertiary/aromatic N) is 5. The first-order valence-corrected chi connectivity index (χ1v) is 26.4. The summed E-state index contributed by atoms with van der Waals surface area (Å²) < 4.78 is 7.15. The molecule has 10 aromatic rings. The van der Waals surface area contributed by atoms with Gasteiger partial charge in [0.25, 0.3) is 13.4 Å². The van der Waals surface area contributed by atoms with Gasteiger partial charge < -0.3 is 29.2 Å². The van der Waals surface area contributed by atoms with Crippen molar-refractivity contribution < 1.29 is 4.74 Å². The van der Waals surface area contributed by atoms with Gasteiger partial charge in [-0.05, 0) is 155 Å². The normalized spacial score (nSPS) is 14.7. The van der Waals surface area contributed by atoms with Gasteiger partial charge in [0, 0.05) is 81.7 Å².